The molecule has 0 aliphatic carbocycles. The molecule has 1 aromatic heterocycles. The molecule has 0 fully saturated rings. The molecule has 0 saturated heterocycles. The van der Waals surface area contributed by atoms with E-state index in [-0.39, 0.29) is 18.0 Å². The van der Waals surface area contributed by atoms with Crippen LogP contribution < -0.4 is 19.6 Å². The first-order valence-corrected chi connectivity index (χ1v) is 12.4. The van der Waals surface area contributed by atoms with E-state index in [0.29, 0.717) is 31.9 Å². The Labute approximate surface area is 216 Å². The summed E-state index contributed by atoms with van der Waals surface area (Å²) in [4.78, 5) is 31.4. The third kappa shape index (κ3) is 4.88. The number of carbonyl (C=O) groups is 1. The number of thiazole rings is 1. The number of nitrogens with zero attached hydrogens (tertiary/aromatic N) is 2. The number of halogens is 1. The Morgan fingerprint density at radius 1 is 1.08 bits per heavy atom. The second-order valence-corrected chi connectivity index (χ2v) is 9.45. The van der Waals surface area contributed by atoms with Gasteiger partial charge in [-0.05, 0) is 42.3 Å². The van der Waals surface area contributed by atoms with Gasteiger partial charge in [-0.2, -0.15) is 0 Å². The number of carbonyl (C=O) groups excluding carboxylic acids is 1. The maximum atomic E-state index is 13.9. The van der Waals surface area contributed by atoms with Crippen molar-refractivity contribution in [1.29, 1.82) is 0 Å². The summed E-state index contributed by atoms with van der Waals surface area (Å²) in [5, 5.41) is 0. The van der Waals surface area contributed by atoms with Gasteiger partial charge in [0, 0.05) is 5.56 Å². The van der Waals surface area contributed by atoms with E-state index in [1.54, 1.807) is 47.9 Å². The van der Waals surface area contributed by atoms with E-state index in [1.165, 1.54) is 24.5 Å². The molecule has 8 heteroatoms. The molecule has 6 nitrogen and oxygen atoms in total. The third-order valence-electron chi connectivity index (χ3n) is 6.05. The zero-order valence-corrected chi connectivity index (χ0v) is 21.0. The van der Waals surface area contributed by atoms with Crippen LogP contribution in [0.15, 0.2) is 99.9 Å². The summed E-state index contributed by atoms with van der Waals surface area (Å²) >= 11 is 1.25. The second-order valence-electron chi connectivity index (χ2n) is 8.44. The molecule has 1 unspecified atom stereocenters. The standard InChI is InChI=1S/C29H23FN2O4S/c1-18-25(28(34)35-2)26(20-10-4-3-5-11-20)32-27(33)24(37-29(32)31-18)16-19-9-8-13-22(15-19)36-17-21-12-6-7-14-23(21)30/h3-16,26H,17H2,1-2H3. The third-order valence-corrected chi connectivity index (χ3v) is 7.03. The van der Waals surface area contributed by atoms with Crippen LogP contribution in [0.3, 0.4) is 0 Å². The number of esters is 1. The fourth-order valence-corrected chi connectivity index (χ4v) is 5.31. The minimum Gasteiger partial charge on any atom is -0.489 e. The maximum Gasteiger partial charge on any atom is 0.338 e. The molecule has 0 saturated carbocycles. The van der Waals surface area contributed by atoms with Gasteiger partial charge in [0.15, 0.2) is 4.80 Å². The number of aromatic nitrogens is 1. The minimum atomic E-state index is -0.650. The first-order chi connectivity index (χ1) is 18.0. The van der Waals surface area contributed by atoms with Crippen molar-refractivity contribution in [2.24, 2.45) is 4.99 Å². The predicted octanol–water partition coefficient (Wildman–Crippen LogP) is 4.13. The van der Waals surface area contributed by atoms with Gasteiger partial charge >= 0.3 is 5.97 Å². The predicted molar refractivity (Wildman–Crippen MR) is 139 cm³/mol. The smallest absolute Gasteiger partial charge is 0.338 e. The molecule has 0 N–H and O–H groups in total. The first-order valence-electron chi connectivity index (χ1n) is 11.6. The fraction of sp³-hybridized carbons (Fsp3) is 0.138. The summed E-state index contributed by atoms with van der Waals surface area (Å²) in [6.45, 7) is 1.83. The highest BCUT2D eigenvalue weighted by Gasteiger charge is 2.32. The van der Waals surface area contributed by atoms with E-state index < -0.39 is 12.0 Å². The lowest BCUT2D eigenvalue weighted by Gasteiger charge is -2.24. The van der Waals surface area contributed by atoms with Crippen molar-refractivity contribution in [2.45, 2.75) is 19.6 Å². The van der Waals surface area contributed by atoms with Crippen LogP contribution in [0, 0.1) is 5.82 Å². The molecule has 1 atom stereocenters. The minimum absolute atomic E-state index is 0.0883. The molecule has 186 valence electrons. The molecular weight excluding hydrogens is 491 g/mol. The number of hydrogen-bond acceptors (Lipinski definition) is 6. The quantitative estimate of drug-likeness (QED) is 0.363. The van der Waals surface area contributed by atoms with Crippen molar-refractivity contribution in [1.82, 2.24) is 4.57 Å². The fourth-order valence-electron chi connectivity index (χ4n) is 4.27. The number of hydrogen-bond donors (Lipinski definition) is 0. The average molecular weight is 515 g/mol. The maximum absolute atomic E-state index is 13.9. The summed E-state index contributed by atoms with van der Waals surface area (Å²) < 4.78 is 26.8. The van der Waals surface area contributed by atoms with Gasteiger partial charge in [-0.3, -0.25) is 9.36 Å². The van der Waals surface area contributed by atoms with Gasteiger partial charge in [-0.15, -0.1) is 0 Å². The van der Waals surface area contributed by atoms with Crippen molar-refractivity contribution in [2.75, 3.05) is 7.11 Å². The molecule has 0 spiro atoms. The van der Waals surface area contributed by atoms with E-state index >= 15 is 0 Å². The van der Waals surface area contributed by atoms with Crippen molar-refractivity contribution >= 4 is 23.4 Å². The van der Waals surface area contributed by atoms with Crippen LogP contribution in [0.1, 0.15) is 29.7 Å². The first kappa shape index (κ1) is 24.4. The number of fused-ring (bicyclic) bond motifs is 1. The SMILES string of the molecule is COC(=O)C1=C(C)N=c2sc(=Cc3cccc(OCc4ccccc4F)c3)c(=O)n2C1c1ccccc1. The van der Waals surface area contributed by atoms with Gasteiger partial charge in [0.05, 0.1) is 29.0 Å². The molecule has 37 heavy (non-hydrogen) atoms. The van der Waals surface area contributed by atoms with E-state index in [0.717, 1.165) is 11.1 Å². The molecule has 0 bridgehead atoms. The highest BCUT2D eigenvalue weighted by molar-refractivity contribution is 7.07. The number of methoxy groups -OCH3 is 1. The Morgan fingerprint density at radius 2 is 1.84 bits per heavy atom. The Bertz CT molecular complexity index is 1690. The molecule has 5 rings (SSSR count). The molecule has 1 aliphatic rings. The van der Waals surface area contributed by atoms with E-state index in [2.05, 4.69) is 4.99 Å². The van der Waals surface area contributed by atoms with Crippen LogP contribution in [0.25, 0.3) is 6.08 Å². The van der Waals surface area contributed by atoms with Crippen LogP contribution in [-0.2, 0) is 16.1 Å². The monoisotopic (exact) mass is 514 g/mol. The molecule has 2 heterocycles. The normalized spacial score (nSPS) is 15.2. The summed E-state index contributed by atoms with van der Waals surface area (Å²) in [5.41, 5.74) is 2.57. The molecular formula is C29H23FN2O4S. The number of ether oxygens (including phenoxy) is 2. The zero-order chi connectivity index (χ0) is 25.9. The topological polar surface area (TPSA) is 69.9 Å². The Morgan fingerprint density at radius 3 is 2.59 bits per heavy atom. The molecule has 1 aliphatic heterocycles. The van der Waals surface area contributed by atoms with Gasteiger partial charge in [-0.25, -0.2) is 14.2 Å². The van der Waals surface area contributed by atoms with Crippen molar-refractivity contribution in [3.05, 3.63) is 132 Å². The lowest BCUT2D eigenvalue weighted by Crippen LogP contribution is -2.39. The lowest BCUT2D eigenvalue weighted by molar-refractivity contribution is -0.136. The van der Waals surface area contributed by atoms with Crippen molar-refractivity contribution in [3.8, 4) is 5.75 Å². The van der Waals surface area contributed by atoms with Crippen LogP contribution >= 0.6 is 11.3 Å². The molecule has 0 radical (unpaired) electrons. The van der Waals surface area contributed by atoms with Crippen molar-refractivity contribution < 1.29 is 18.7 Å². The Hall–Kier alpha value is -4.30. The largest absolute Gasteiger partial charge is 0.489 e. The van der Waals surface area contributed by atoms with Gasteiger partial charge < -0.3 is 9.47 Å². The van der Waals surface area contributed by atoms with Gasteiger partial charge in [-0.1, -0.05) is 72.0 Å². The Balaban J connectivity index is 1.54. The second kappa shape index (κ2) is 10.4. The van der Waals surface area contributed by atoms with E-state index in [1.807, 2.05) is 42.5 Å². The Kier molecular flexibility index (Phi) is 6.83. The van der Waals surface area contributed by atoms with Crippen LogP contribution in [0.2, 0.25) is 0 Å². The summed E-state index contributed by atoms with van der Waals surface area (Å²) in [5.74, 6) is -0.297. The zero-order valence-electron chi connectivity index (χ0n) is 20.2. The summed E-state index contributed by atoms with van der Waals surface area (Å²) in [7, 11) is 1.32. The van der Waals surface area contributed by atoms with Gasteiger partial charge in [0.2, 0.25) is 0 Å². The van der Waals surface area contributed by atoms with Crippen molar-refractivity contribution in [3.63, 3.8) is 0 Å². The van der Waals surface area contributed by atoms with Gasteiger partial charge in [0.25, 0.3) is 5.56 Å². The van der Waals surface area contributed by atoms with Crippen LogP contribution in [0.4, 0.5) is 4.39 Å². The highest BCUT2D eigenvalue weighted by atomic mass is 32.1. The number of allylic oxidation sites excluding steroid dienone is 1. The highest BCUT2D eigenvalue weighted by Crippen LogP contribution is 2.30. The van der Waals surface area contributed by atoms with Gasteiger partial charge in [0.1, 0.15) is 18.2 Å². The summed E-state index contributed by atoms with van der Waals surface area (Å²) in [6.07, 6.45) is 1.76. The van der Waals surface area contributed by atoms with E-state index in [9.17, 15) is 14.0 Å². The average Bonchev–Trinajstić information content (AvgIpc) is 3.21. The number of rotatable bonds is 6. The molecule has 4 aromatic rings. The van der Waals surface area contributed by atoms with Crippen LogP contribution in [0.5, 0.6) is 5.75 Å². The van der Waals surface area contributed by atoms with Crippen LogP contribution in [-0.4, -0.2) is 17.6 Å². The number of benzene rings is 3. The molecule has 3 aromatic carbocycles. The molecule has 0 amide bonds. The lowest BCUT2D eigenvalue weighted by atomic mass is 9.96. The van der Waals surface area contributed by atoms with E-state index in [4.69, 9.17) is 9.47 Å². The summed E-state index contributed by atoms with van der Waals surface area (Å²) in [6, 6.07) is 22.4.